The number of carbonyl (C=O) groups excluding carboxylic acids is 1. The molecule has 1 N–H and O–H groups in total. The summed E-state index contributed by atoms with van der Waals surface area (Å²) in [7, 11) is -3.61. The van der Waals surface area contributed by atoms with Crippen LogP contribution in [0.5, 0.6) is 0 Å². The normalized spacial score (nSPS) is 16.5. The van der Waals surface area contributed by atoms with Crippen LogP contribution in [0.25, 0.3) is 11.0 Å². The monoisotopic (exact) mass is 427 g/mol. The van der Waals surface area contributed by atoms with E-state index in [0.29, 0.717) is 5.58 Å². The summed E-state index contributed by atoms with van der Waals surface area (Å²) >= 11 is 0. The van der Waals surface area contributed by atoms with Gasteiger partial charge in [0.25, 0.3) is 0 Å². The molecule has 1 amide bonds. The summed E-state index contributed by atoms with van der Waals surface area (Å²) in [4.78, 5) is 19.0. The highest BCUT2D eigenvalue weighted by Crippen LogP contribution is 2.24. The first-order valence-electron chi connectivity index (χ1n) is 10.1. The van der Waals surface area contributed by atoms with Gasteiger partial charge in [0.1, 0.15) is 5.58 Å². The van der Waals surface area contributed by atoms with Gasteiger partial charge in [-0.3, -0.25) is 9.78 Å². The second-order valence-electron chi connectivity index (χ2n) is 7.71. The summed E-state index contributed by atoms with van der Waals surface area (Å²) in [5.41, 5.74) is 1.77. The predicted molar refractivity (Wildman–Crippen MR) is 115 cm³/mol. The highest BCUT2D eigenvalue weighted by atomic mass is 32.2. The van der Waals surface area contributed by atoms with Crippen molar-refractivity contribution in [3.63, 3.8) is 0 Å². The molecule has 1 fully saturated rings. The summed E-state index contributed by atoms with van der Waals surface area (Å²) in [5, 5.41) is 2.94. The number of fused-ring (bicyclic) bond motifs is 1. The SMILES string of the molecule is CC(CC(=O)NC1CCN(c2ccncc2)CC1)S(=O)(=O)c1ccc2occc2c1. The molecule has 3 aromatic rings. The van der Waals surface area contributed by atoms with Gasteiger partial charge >= 0.3 is 0 Å². The quantitative estimate of drug-likeness (QED) is 0.650. The van der Waals surface area contributed by atoms with E-state index in [0.717, 1.165) is 37.0 Å². The van der Waals surface area contributed by atoms with Crippen LogP contribution in [0.1, 0.15) is 26.2 Å². The van der Waals surface area contributed by atoms with E-state index in [1.54, 1.807) is 37.5 Å². The largest absolute Gasteiger partial charge is 0.464 e. The molecule has 1 aliphatic rings. The highest BCUT2D eigenvalue weighted by Gasteiger charge is 2.28. The Labute approximate surface area is 176 Å². The third kappa shape index (κ3) is 4.33. The van der Waals surface area contributed by atoms with Crippen molar-refractivity contribution in [2.75, 3.05) is 18.0 Å². The Morgan fingerprint density at radius 2 is 1.93 bits per heavy atom. The van der Waals surface area contributed by atoms with Gasteiger partial charge in [-0.2, -0.15) is 0 Å². The number of carbonyl (C=O) groups is 1. The number of aromatic nitrogens is 1. The van der Waals surface area contributed by atoms with Crippen molar-refractivity contribution in [1.29, 1.82) is 0 Å². The summed E-state index contributed by atoms with van der Waals surface area (Å²) in [6.45, 7) is 3.27. The lowest BCUT2D eigenvalue weighted by molar-refractivity contribution is -0.121. The molecule has 1 aromatic carbocycles. The van der Waals surface area contributed by atoms with Crippen LogP contribution in [0.3, 0.4) is 0 Å². The van der Waals surface area contributed by atoms with E-state index < -0.39 is 15.1 Å². The van der Waals surface area contributed by atoms with Gasteiger partial charge in [-0.15, -0.1) is 0 Å². The molecule has 1 atom stereocenters. The minimum atomic E-state index is -3.61. The van der Waals surface area contributed by atoms with Crippen LogP contribution in [0.15, 0.2) is 64.4 Å². The molecule has 1 unspecified atom stereocenters. The minimum Gasteiger partial charge on any atom is -0.464 e. The molecule has 30 heavy (non-hydrogen) atoms. The Hall–Kier alpha value is -2.87. The number of rotatable bonds is 6. The van der Waals surface area contributed by atoms with E-state index >= 15 is 0 Å². The van der Waals surface area contributed by atoms with Crippen LogP contribution in [0.4, 0.5) is 5.69 Å². The molecule has 8 heteroatoms. The van der Waals surface area contributed by atoms with Crippen molar-refractivity contribution in [2.24, 2.45) is 0 Å². The zero-order valence-corrected chi connectivity index (χ0v) is 17.6. The fraction of sp³-hybridized carbons (Fsp3) is 0.364. The van der Waals surface area contributed by atoms with Crippen molar-refractivity contribution < 1.29 is 17.6 Å². The van der Waals surface area contributed by atoms with Gasteiger partial charge in [-0.05, 0) is 56.2 Å². The molecule has 0 radical (unpaired) electrons. The number of furan rings is 1. The van der Waals surface area contributed by atoms with E-state index in [4.69, 9.17) is 4.42 Å². The number of hydrogen-bond donors (Lipinski definition) is 1. The number of nitrogens with zero attached hydrogens (tertiary/aromatic N) is 2. The summed E-state index contributed by atoms with van der Waals surface area (Å²) in [5.74, 6) is -0.224. The van der Waals surface area contributed by atoms with E-state index in [-0.39, 0.29) is 23.3 Å². The van der Waals surface area contributed by atoms with Crippen LogP contribution in [0.2, 0.25) is 0 Å². The Kier molecular flexibility index (Phi) is 5.76. The first-order chi connectivity index (χ1) is 14.4. The van der Waals surface area contributed by atoms with E-state index in [2.05, 4.69) is 15.2 Å². The van der Waals surface area contributed by atoms with Crippen molar-refractivity contribution in [1.82, 2.24) is 10.3 Å². The number of benzene rings is 1. The predicted octanol–water partition coefficient (Wildman–Crippen LogP) is 3.17. The Balaban J connectivity index is 1.32. The van der Waals surface area contributed by atoms with Crippen molar-refractivity contribution >= 4 is 32.4 Å². The molecule has 1 aliphatic heterocycles. The molecule has 0 bridgehead atoms. The Morgan fingerprint density at radius 1 is 1.20 bits per heavy atom. The second kappa shape index (κ2) is 8.47. The lowest BCUT2D eigenvalue weighted by Gasteiger charge is -2.34. The number of hydrogen-bond acceptors (Lipinski definition) is 6. The average Bonchev–Trinajstić information content (AvgIpc) is 3.23. The van der Waals surface area contributed by atoms with Crippen LogP contribution < -0.4 is 10.2 Å². The fourth-order valence-corrected chi connectivity index (χ4v) is 5.23. The number of anilines is 1. The molecular weight excluding hydrogens is 402 g/mol. The number of sulfone groups is 1. The Bertz CT molecular complexity index is 1120. The van der Waals surface area contributed by atoms with Crippen molar-refractivity contribution in [3.8, 4) is 0 Å². The maximum Gasteiger partial charge on any atom is 0.221 e. The summed E-state index contributed by atoms with van der Waals surface area (Å²) < 4.78 is 31.1. The molecule has 158 valence electrons. The molecular formula is C22H25N3O4S. The zero-order chi connectivity index (χ0) is 21.1. The third-order valence-corrected chi connectivity index (χ3v) is 7.78. The summed E-state index contributed by atoms with van der Waals surface area (Å²) in [6.07, 6.45) is 6.66. The first kappa shape index (κ1) is 20.4. The van der Waals surface area contributed by atoms with Gasteiger partial charge in [0, 0.05) is 49.0 Å². The molecule has 0 spiro atoms. The standard InChI is InChI=1S/C22H25N3O4S/c1-16(30(27,28)20-2-3-21-17(15-20)8-13-29-21)14-22(26)24-18-6-11-25(12-7-18)19-4-9-23-10-5-19/h2-5,8-10,13,15-16,18H,6-7,11-12,14H2,1H3,(H,24,26). The number of amides is 1. The molecule has 7 nitrogen and oxygen atoms in total. The smallest absolute Gasteiger partial charge is 0.221 e. The molecule has 0 aliphatic carbocycles. The van der Waals surface area contributed by atoms with Gasteiger partial charge in [0.2, 0.25) is 5.91 Å². The number of pyridine rings is 1. The topological polar surface area (TPSA) is 92.5 Å². The van der Waals surface area contributed by atoms with E-state index in [1.807, 2.05) is 12.1 Å². The van der Waals surface area contributed by atoms with Gasteiger partial charge in [-0.1, -0.05) is 0 Å². The minimum absolute atomic E-state index is 0.0592. The lowest BCUT2D eigenvalue weighted by Crippen LogP contribution is -2.45. The zero-order valence-electron chi connectivity index (χ0n) is 16.8. The maximum atomic E-state index is 12.9. The van der Waals surface area contributed by atoms with Crippen LogP contribution in [-0.4, -0.2) is 43.7 Å². The molecule has 3 heterocycles. The first-order valence-corrected chi connectivity index (χ1v) is 11.6. The molecule has 2 aromatic heterocycles. The van der Waals surface area contributed by atoms with Crippen LogP contribution in [-0.2, 0) is 14.6 Å². The maximum absolute atomic E-state index is 12.9. The van der Waals surface area contributed by atoms with Gasteiger partial charge in [0.15, 0.2) is 9.84 Å². The second-order valence-corrected chi connectivity index (χ2v) is 10.1. The lowest BCUT2D eigenvalue weighted by atomic mass is 10.0. The molecule has 4 rings (SSSR count). The van der Waals surface area contributed by atoms with Crippen LogP contribution in [0, 0.1) is 0 Å². The van der Waals surface area contributed by atoms with Gasteiger partial charge in [-0.25, -0.2) is 8.42 Å². The highest BCUT2D eigenvalue weighted by molar-refractivity contribution is 7.92. The van der Waals surface area contributed by atoms with Crippen molar-refractivity contribution in [2.45, 2.75) is 42.4 Å². The van der Waals surface area contributed by atoms with Gasteiger partial charge in [0.05, 0.1) is 16.4 Å². The number of piperidine rings is 1. The van der Waals surface area contributed by atoms with E-state index in [1.165, 1.54) is 12.3 Å². The van der Waals surface area contributed by atoms with Crippen LogP contribution >= 0.6 is 0 Å². The third-order valence-electron chi connectivity index (χ3n) is 5.64. The average molecular weight is 428 g/mol. The number of nitrogens with one attached hydrogen (secondary N) is 1. The van der Waals surface area contributed by atoms with Crippen molar-refractivity contribution in [3.05, 3.63) is 55.1 Å². The van der Waals surface area contributed by atoms with Gasteiger partial charge < -0.3 is 14.6 Å². The summed E-state index contributed by atoms with van der Waals surface area (Å²) in [6, 6.07) is 10.5. The fourth-order valence-electron chi connectivity index (χ4n) is 3.85. The Morgan fingerprint density at radius 3 is 2.67 bits per heavy atom. The molecule has 0 saturated carbocycles. The van der Waals surface area contributed by atoms with E-state index in [9.17, 15) is 13.2 Å². The molecule has 1 saturated heterocycles.